The number of hydrogen-bond acceptors (Lipinski definition) is 3. The van der Waals surface area contributed by atoms with E-state index in [0.717, 1.165) is 48.6 Å². The molecule has 1 aliphatic carbocycles. The number of nitrogens with one attached hydrogen (secondary N) is 1. The molecular weight excluding hydrogens is 345 g/mol. The largest absolute Gasteiger partial charge is 0.310 e. The molecule has 0 bridgehead atoms. The van der Waals surface area contributed by atoms with Crippen molar-refractivity contribution >= 4 is 23.2 Å². The van der Waals surface area contributed by atoms with Crippen molar-refractivity contribution in [2.75, 3.05) is 6.54 Å². The minimum Gasteiger partial charge on any atom is -0.310 e. The Morgan fingerprint density at radius 2 is 2.12 bits per heavy atom. The lowest BCUT2D eigenvalue weighted by molar-refractivity contribution is 0.240. The first-order valence-electron chi connectivity index (χ1n) is 8.35. The van der Waals surface area contributed by atoms with Crippen LogP contribution < -0.4 is 5.56 Å². The number of rotatable bonds is 4. The fourth-order valence-corrected chi connectivity index (χ4v) is 3.73. The van der Waals surface area contributed by atoms with Crippen LogP contribution in [0.3, 0.4) is 0 Å². The first-order chi connectivity index (χ1) is 11.6. The van der Waals surface area contributed by atoms with Gasteiger partial charge in [0.15, 0.2) is 0 Å². The summed E-state index contributed by atoms with van der Waals surface area (Å²) >= 11 is 12.2. The number of benzene rings is 1. The molecule has 1 fully saturated rings. The molecule has 2 aromatic rings. The summed E-state index contributed by atoms with van der Waals surface area (Å²) in [5.74, 6) is 1.55. The van der Waals surface area contributed by atoms with Gasteiger partial charge in [0.2, 0.25) is 0 Å². The molecule has 126 valence electrons. The lowest BCUT2D eigenvalue weighted by Gasteiger charge is -2.28. The van der Waals surface area contributed by atoms with E-state index in [1.807, 2.05) is 12.1 Å². The molecule has 1 N–H and O–H groups in total. The van der Waals surface area contributed by atoms with Crippen LogP contribution in [-0.2, 0) is 25.9 Å². The van der Waals surface area contributed by atoms with E-state index >= 15 is 0 Å². The van der Waals surface area contributed by atoms with E-state index < -0.39 is 0 Å². The maximum atomic E-state index is 12.3. The van der Waals surface area contributed by atoms with Gasteiger partial charge >= 0.3 is 0 Å². The van der Waals surface area contributed by atoms with Gasteiger partial charge in [-0.05, 0) is 42.9 Å². The molecule has 1 aliphatic heterocycles. The standard InChI is InChI=1S/C18H19Cl2N3O/c19-13-4-3-12(15(20)8-13)9-23-6-5-14-16(10-23)21-17(22-18(14)24)7-11-1-2-11/h3-4,8,11H,1-2,5-7,9-10H2,(H,21,22,24). The molecule has 0 unspecified atom stereocenters. The van der Waals surface area contributed by atoms with Crippen molar-refractivity contribution in [3.8, 4) is 0 Å². The molecule has 1 saturated carbocycles. The molecule has 0 spiro atoms. The highest BCUT2D eigenvalue weighted by Gasteiger charge is 2.25. The zero-order chi connectivity index (χ0) is 16.7. The number of halogens is 2. The topological polar surface area (TPSA) is 49.0 Å². The zero-order valence-electron chi connectivity index (χ0n) is 13.3. The van der Waals surface area contributed by atoms with Crippen LogP contribution in [0.1, 0.15) is 35.5 Å². The van der Waals surface area contributed by atoms with Crippen LogP contribution in [-0.4, -0.2) is 21.4 Å². The van der Waals surface area contributed by atoms with Crippen LogP contribution in [0.25, 0.3) is 0 Å². The van der Waals surface area contributed by atoms with Crippen molar-refractivity contribution in [1.29, 1.82) is 0 Å². The summed E-state index contributed by atoms with van der Waals surface area (Å²) in [6.45, 7) is 2.26. The molecule has 0 amide bonds. The molecular formula is C18H19Cl2N3O. The number of aromatic nitrogens is 2. The molecule has 4 nitrogen and oxygen atoms in total. The van der Waals surface area contributed by atoms with Crippen molar-refractivity contribution < 1.29 is 0 Å². The first kappa shape index (κ1) is 16.1. The maximum absolute atomic E-state index is 12.3. The van der Waals surface area contributed by atoms with E-state index in [0.29, 0.717) is 22.5 Å². The highest BCUT2D eigenvalue weighted by molar-refractivity contribution is 6.35. The van der Waals surface area contributed by atoms with Crippen LogP contribution in [0.4, 0.5) is 0 Å². The first-order valence-corrected chi connectivity index (χ1v) is 9.11. The molecule has 0 saturated heterocycles. The normalized spacial score (nSPS) is 17.8. The predicted octanol–water partition coefficient (Wildman–Crippen LogP) is 3.59. The van der Waals surface area contributed by atoms with Gasteiger partial charge in [0.05, 0.1) is 5.69 Å². The Morgan fingerprint density at radius 3 is 2.88 bits per heavy atom. The molecule has 2 aliphatic rings. The van der Waals surface area contributed by atoms with Crippen molar-refractivity contribution in [3.05, 3.63) is 61.2 Å². The minimum absolute atomic E-state index is 0.0415. The summed E-state index contributed by atoms with van der Waals surface area (Å²) in [4.78, 5) is 22.3. The minimum atomic E-state index is 0.0415. The predicted molar refractivity (Wildman–Crippen MR) is 95.6 cm³/mol. The second-order valence-corrected chi connectivity index (χ2v) is 7.63. The second kappa shape index (κ2) is 6.51. The third kappa shape index (κ3) is 3.51. The van der Waals surface area contributed by atoms with E-state index in [9.17, 15) is 4.79 Å². The molecule has 1 aromatic carbocycles. The number of hydrogen-bond donors (Lipinski definition) is 1. The smallest absolute Gasteiger partial charge is 0.254 e. The van der Waals surface area contributed by atoms with Crippen LogP contribution in [0.15, 0.2) is 23.0 Å². The number of H-pyrrole nitrogens is 1. The third-order valence-electron chi connectivity index (χ3n) is 4.79. The summed E-state index contributed by atoms with van der Waals surface area (Å²) in [6.07, 6.45) is 4.13. The van der Waals surface area contributed by atoms with Gasteiger partial charge in [0.1, 0.15) is 5.82 Å². The summed E-state index contributed by atoms with van der Waals surface area (Å²) in [5, 5.41) is 1.33. The zero-order valence-corrected chi connectivity index (χ0v) is 14.8. The Bertz CT molecular complexity index is 829. The van der Waals surface area contributed by atoms with Crippen molar-refractivity contribution in [1.82, 2.24) is 14.9 Å². The molecule has 4 rings (SSSR count). The summed E-state index contributed by atoms with van der Waals surface area (Å²) in [7, 11) is 0. The van der Waals surface area contributed by atoms with Gasteiger partial charge in [-0.1, -0.05) is 29.3 Å². The molecule has 2 heterocycles. The lowest BCUT2D eigenvalue weighted by atomic mass is 10.1. The highest BCUT2D eigenvalue weighted by atomic mass is 35.5. The Hall–Kier alpha value is -1.36. The number of aromatic amines is 1. The van der Waals surface area contributed by atoms with Gasteiger partial charge in [0.25, 0.3) is 5.56 Å². The fraction of sp³-hybridized carbons (Fsp3) is 0.444. The van der Waals surface area contributed by atoms with Crippen LogP contribution >= 0.6 is 23.2 Å². The summed E-state index contributed by atoms with van der Waals surface area (Å²) < 4.78 is 0. The summed E-state index contributed by atoms with van der Waals surface area (Å²) in [6, 6.07) is 5.59. The number of nitrogens with zero attached hydrogens (tertiary/aromatic N) is 2. The molecule has 6 heteroatoms. The van der Waals surface area contributed by atoms with Gasteiger partial charge in [-0.25, -0.2) is 4.98 Å². The van der Waals surface area contributed by atoms with Crippen molar-refractivity contribution in [2.24, 2.45) is 5.92 Å². The van der Waals surface area contributed by atoms with E-state index in [4.69, 9.17) is 28.2 Å². The lowest BCUT2D eigenvalue weighted by Crippen LogP contribution is -2.35. The van der Waals surface area contributed by atoms with Gasteiger partial charge in [-0.2, -0.15) is 0 Å². The highest BCUT2D eigenvalue weighted by Crippen LogP contribution is 2.31. The molecule has 0 radical (unpaired) electrons. The average Bonchev–Trinajstić information content (AvgIpc) is 3.34. The number of fused-ring (bicyclic) bond motifs is 1. The Balaban J connectivity index is 1.53. The molecule has 1 aromatic heterocycles. The Kier molecular flexibility index (Phi) is 4.37. The third-order valence-corrected chi connectivity index (χ3v) is 5.38. The Morgan fingerprint density at radius 1 is 1.29 bits per heavy atom. The molecule has 0 atom stereocenters. The van der Waals surface area contributed by atoms with E-state index in [1.165, 1.54) is 12.8 Å². The van der Waals surface area contributed by atoms with E-state index in [2.05, 4.69) is 9.88 Å². The quantitative estimate of drug-likeness (QED) is 0.902. The second-order valence-electron chi connectivity index (χ2n) is 6.78. The van der Waals surface area contributed by atoms with Crippen molar-refractivity contribution in [2.45, 2.75) is 38.8 Å². The SMILES string of the molecule is O=c1[nH]c(CC2CC2)nc2c1CCN(Cc1ccc(Cl)cc1Cl)C2. The Labute approximate surface area is 150 Å². The average molecular weight is 364 g/mol. The van der Waals surface area contributed by atoms with Crippen molar-refractivity contribution in [3.63, 3.8) is 0 Å². The summed E-state index contributed by atoms with van der Waals surface area (Å²) in [5.41, 5.74) is 2.85. The van der Waals surface area contributed by atoms with Gasteiger partial charge in [-0.15, -0.1) is 0 Å². The van der Waals surface area contributed by atoms with Gasteiger partial charge in [0, 0.05) is 41.7 Å². The maximum Gasteiger partial charge on any atom is 0.254 e. The van der Waals surface area contributed by atoms with Crippen LogP contribution in [0.5, 0.6) is 0 Å². The monoisotopic (exact) mass is 363 g/mol. The molecule has 24 heavy (non-hydrogen) atoms. The van der Waals surface area contributed by atoms with Crippen LogP contribution in [0.2, 0.25) is 10.0 Å². The fourth-order valence-electron chi connectivity index (χ4n) is 3.26. The van der Waals surface area contributed by atoms with E-state index in [-0.39, 0.29) is 5.56 Å². The van der Waals surface area contributed by atoms with Gasteiger partial charge in [-0.3, -0.25) is 9.69 Å². The van der Waals surface area contributed by atoms with E-state index in [1.54, 1.807) is 6.07 Å². The van der Waals surface area contributed by atoms with Crippen LogP contribution in [0, 0.1) is 5.92 Å². The van der Waals surface area contributed by atoms with Gasteiger partial charge < -0.3 is 4.98 Å².